The third-order valence-corrected chi connectivity index (χ3v) is 7.47. The first-order valence-corrected chi connectivity index (χ1v) is 11.4. The fourth-order valence-electron chi connectivity index (χ4n) is 3.32. The number of likely N-dealkylation sites (tertiary alicyclic amines) is 1. The van der Waals surface area contributed by atoms with E-state index in [1.165, 1.54) is 0 Å². The lowest BCUT2D eigenvalue weighted by Gasteiger charge is -2.17. The summed E-state index contributed by atoms with van der Waals surface area (Å²) in [4.78, 5) is 14.9. The fourth-order valence-corrected chi connectivity index (χ4v) is 5.61. The molecule has 1 fully saturated rings. The average Bonchev–Trinajstić information content (AvgIpc) is 2.91. The second kappa shape index (κ2) is 7.92. The van der Waals surface area contributed by atoms with Crippen molar-refractivity contribution < 1.29 is 13.2 Å². The van der Waals surface area contributed by atoms with Crippen molar-refractivity contribution in [3.05, 3.63) is 65.7 Å². The number of hydrogen-bond donors (Lipinski definition) is 0. The molecule has 6 heteroatoms. The highest BCUT2D eigenvalue weighted by atomic mass is 79.9. The lowest BCUT2D eigenvalue weighted by Crippen LogP contribution is -2.30. The summed E-state index contributed by atoms with van der Waals surface area (Å²) in [7, 11) is -3.50. The minimum absolute atomic E-state index is 0.00793. The first-order chi connectivity index (χ1) is 12.4. The predicted molar refractivity (Wildman–Crippen MR) is 106 cm³/mol. The Labute approximate surface area is 163 Å². The van der Waals surface area contributed by atoms with Crippen LogP contribution in [0.15, 0.2) is 59.5 Å². The lowest BCUT2D eigenvalue weighted by atomic mass is 10.00. The van der Waals surface area contributed by atoms with Gasteiger partial charge in [0.2, 0.25) is 5.91 Å². The quantitative estimate of drug-likeness (QED) is 0.652. The van der Waals surface area contributed by atoms with Crippen LogP contribution in [0.3, 0.4) is 0 Å². The van der Waals surface area contributed by atoms with Crippen LogP contribution in [0.4, 0.5) is 0 Å². The topological polar surface area (TPSA) is 54.5 Å². The summed E-state index contributed by atoms with van der Waals surface area (Å²) in [5, 5.41) is 0.609. The van der Waals surface area contributed by atoms with Gasteiger partial charge in [-0.25, -0.2) is 8.42 Å². The number of hydrogen-bond acceptors (Lipinski definition) is 3. The molecule has 26 heavy (non-hydrogen) atoms. The van der Waals surface area contributed by atoms with Crippen LogP contribution in [-0.4, -0.2) is 36.9 Å². The molecule has 3 rings (SSSR count). The monoisotopic (exact) mass is 435 g/mol. The number of alkyl halides is 1. The van der Waals surface area contributed by atoms with Gasteiger partial charge in [0.25, 0.3) is 0 Å². The molecule has 4 nitrogen and oxygen atoms in total. The first-order valence-electron chi connectivity index (χ1n) is 8.59. The van der Waals surface area contributed by atoms with Crippen LogP contribution >= 0.6 is 15.9 Å². The van der Waals surface area contributed by atoms with Crippen molar-refractivity contribution in [3.63, 3.8) is 0 Å². The molecule has 0 N–H and O–H groups in total. The van der Waals surface area contributed by atoms with Gasteiger partial charge >= 0.3 is 0 Å². The van der Waals surface area contributed by atoms with Gasteiger partial charge in [0, 0.05) is 18.4 Å². The number of carbonyl (C=O) groups excluding carboxylic acids is 1. The summed E-state index contributed by atoms with van der Waals surface area (Å²) >= 11 is 3.46. The molecule has 0 spiro atoms. The van der Waals surface area contributed by atoms with E-state index >= 15 is 0 Å². The fraction of sp³-hybridized carbons (Fsp3) is 0.350. The number of benzene rings is 2. The second-order valence-electron chi connectivity index (χ2n) is 6.82. The van der Waals surface area contributed by atoms with Gasteiger partial charge in [-0.3, -0.25) is 4.79 Å². The molecule has 138 valence electrons. The minimum Gasteiger partial charge on any atom is -0.338 e. The van der Waals surface area contributed by atoms with Crippen LogP contribution in [0.5, 0.6) is 0 Å². The van der Waals surface area contributed by atoms with Crippen molar-refractivity contribution in [2.24, 2.45) is 11.8 Å². The molecule has 2 atom stereocenters. The van der Waals surface area contributed by atoms with Crippen molar-refractivity contribution in [1.82, 2.24) is 4.90 Å². The maximum atomic E-state index is 12.9. The van der Waals surface area contributed by atoms with Crippen LogP contribution in [-0.2, 0) is 21.2 Å². The second-order valence-corrected chi connectivity index (χ2v) is 9.50. The van der Waals surface area contributed by atoms with Crippen LogP contribution < -0.4 is 0 Å². The number of sulfone groups is 1. The average molecular weight is 436 g/mol. The highest BCUT2D eigenvalue weighted by Gasteiger charge is 2.42. The standard InChI is InChI=1S/C20H22BrNO3S/c1-15-7-9-18(10-8-15)26(24,25)14-19-17(11-21)13-22(20(19)23)12-16-5-3-2-4-6-16/h2-10,17,19H,11-14H2,1H3/t17-,19+/m0/s1. The van der Waals surface area contributed by atoms with Gasteiger partial charge in [-0.15, -0.1) is 0 Å². The van der Waals surface area contributed by atoms with Crippen molar-refractivity contribution in [1.29, 1.82) is 0 Å². The Hall–Kier alpha value is -1.66. The minimum atomic E-state index is -3.50. The van der Waals surface area contributed by atoms with Crippen molar-refractivity contribution in [2.45, 2.75) is 18.4 Å². The number of amides is 1. The summed E-state index contributed by atoms with van der Waals surface area (Å²) < 4.78 is 25.6. The van der Waals surface area contributed by atoms with Crippen molar-refractivity contribution in [2.75, 3.05) is 17.6 Å². The smallest absolute Gasteiger partial charge is 0.227 e. The molecule has 2 aromatic rings. The number of rotatable bonds is 6. The SMILES string of the molecule is Cc1ccc(S(=O)(=O)C[C@H]2C(=O)N(Cc3ccccc3)C[C@@H]2CBr)cc1. The molecule has 1 aliphatic heterocycles. The van der Waals surface area contributed by atoms with E-state index < -0.39 is 15.8 Å². The summed E-state index contributed by atoms with van der Waals surface area (Å²) in [6.45, 7) is 3.01. The third-order valence-electron chi connectivity index (χ3n) is 4.85. The van der Waals surface area contributed by atoms with Crippen LogP contribution in [0.25, 0.3) is 0 Å². The zero-order valence-electron chi connectivity index (χ0n) is 14.6. The molecule has 0 saturated carbocycles. The Morgan fingerprint density at radius 3 is 2.35 bits per heavy atom. The molecule has 0 unspecified atom stereocenters. The molecule has 0 radical (unpaired) electrons. The van der Waals surface area contributed by atoms with Gasteiger partial charge < -0.3 is 4.90 Å². The van der Waals surface area contributed by atoms with Crippen LogP contribution in [0.2, 0.25) is 0 Å². The van der Waals surface area contributed by atoms with E-state index in [9.17, 15) is 13.2 Å². The maximum absolute atomic E-state index is 12.9. The zero-order valence-corrected chi connectivity index (χ0v) is 17.0. The number of halogens is 1. The maximum Gasteiger partial charge on any atom is 0.227 e. The Bertz CT molecular complexity index is 866. The largest absolute Gasteiger partial charge is 0.338 e. The molecular formula is C20H22BrNO3S. The van der Waals surface area contributed by atoms with E-state index in [1.54, 1.807) is 29.2 Å². The van der Waals surface area contributed by atoms with Gasteiger partial charge in [-0.2, -0.15) is 0 Å². The highest BCUT2D eigenvalue weighted by Crippen LogP contribution is 2.30. The molecule has 1 heterocycles. The summed E-state index contributed by atoms with van der Waals surface area (Å²) in [5.74, 6) is -0.735. The Morgan fingerprint density at radius 2 is 1.73 bits per heavy atom. The highest BCUT2D eigenvalue weighted by molar-refractivity contribution is 9.09. The van der Waals surface area contributed by atoms with Crippen LogP contribution in [0, 0.1) is 18.8 Å². The third kappa shape index (κ3) is 4.18. The first kappa shape index (κ1) is 19.1. The number of carbonyl (C=O) groups is 1. The van der Waals surface area contributed by atoms with Gasteiger partial charge in [0.1, 0.15) is 0 Å². The molecule has 0 bridgehead atoms. The lowest BCUT2D eigenvalue weighted by molar-refractivity contribution is -0.131. The van der Waals surface area contributed by atoms with E-state index in [1.807, 2.05) is 37.3 Å². The van der Waals surface area contributed by atoms with Crippen molar-refractivity contribution in [3.8, 4) is 0 Å². The number of nitrogens with zero attached hydrogens (tertiary/aromatic N) is 1. The molecular weight excluding hydrogens is 414 g/mol. The zero-order chi connectivity index (χ0) is 18.7. The molecule has 1 aliphatic rings. The predicted octanol–water partition coefficient (Wildman–Crippen LogP) is 3.44. The van der Waals surface area contributed by atoms with E-state index in [-0.39, 0.29) is 22.5 Å². The number of aryl methyl sites for hydroxylation is 1. The molecule has 0 aromatic heterocycles. The summed E-state index contributed by atoms with van der Waals surface area (Å²) in [6, 6.07) is 16.6. The molecule has 0 aliphatic carbocycles. The summed E-state index contributed by atoms with van der Waals surface area (Å²) in [5.41, 5.74) is 2.06. The van der Waals surface area contributed by atoms with Gasteiger partial charge in [-0.1, -0.05) is 64.0 Å². The van der Waals surface area contributed by atoms with Crippen molar-refractivity contribution >= 4 is 31.7 Å². The van der Waals surface area contributed by atoms with E-state index in [2.05, 4.69) is 15.9 Å². The molecule has 1 amide bonds. The van der Waals surface area contributed by atoms with E-state index in [4.69, 9.17) is 0 Å². The van der Waals surface area contributed by atoms with Gasteiger partial charge in [0.05, 0.1) is 16.6 Å². The Kier molecular flexibility index (Phi) is 5.82. The molecule has 1 saturated heterocycles. The normalized spacial score (nSPS) is 20.5. The Balaban J connectivity index is 1.77. The van der Waals surface area contributed by atoms with E-state index in [0.29, 0.717) is 18.4 Å². The summed E-state index contributed by atoms with van der Waals surface area (Å²) in [6.07, 6.45) is 0. The van der Waals surface area contributed by atoms with Gasteiger partial charge in [0.15, 0.2) is 9.84 Å². The van der Waals surface area contributed by atoms with Crippen LogP contribution in [0.1, 0.15) is 11.1 Å². The van der Waals surface area contributed by atoms with E-state index in [0.717, 1.165) is 11.1 Å². The Morgan fingerprint density at radius 1 is 1.08 bits per heavy atom. The van der Waals surface area contributed by atoms with Gasteiger partial charge in [-0.05, 0) is 30.5 Å². The molecule has 2 aromatic carbocycles.